The Balaban J connectivity index is 2.16. The Hall–Kier alpha value is -1.95. The second kappa shape index (κ2) is 5.79. The normalized spacial score (nSPS) is 12.4. The van der Waals surface area contributed by atoms with Crippen molar-refractivity contribution < 1.29 is 4.79 Å². The predicted octanol–water partition coefficient (Wildman–Crippen LogP) is 2.13. The third-order valence-corrected chi connectivity index (χ3v) is 3.36. The Kier molecular flexibility index (Phi) is 4.11. The second-order valence-electron chi connectivity index (χ2n) is 4.56. The summed E-state index contributed by atoms with van der Waals surface area (Å²) in [6, 6.07) is 9.26. The summed E-state index contributed by atoms with van der Waals surface area (Å²) in [6.07, 6.45) is 0. The smallest absolute Gasteiger partial charge is 0.240 e. The van der Waals surface area contributed by atoms with E-state index in [0.717, 1.165) is 5.56 Å². The zero-order chi connectivity index (χ0) is 13.8. The molecular formula is C13H16N4OS. The van der Waals surface area contributed by atoms with E-state index < -0.39 is 6.04 Å². The minimum Gasteiger partial charge on any atom is -0.368 e. The first kappa shape index (κ1) is 13.5. The van der Waals surface area contributed by atoms with E-state index in [9.17, 15) is 4.79 Å². The van der Waals surface area contributed by atoms with Crippen LogP contribution in [-0.2, 0) is 4.79 Å². The van der Waals surface area contributed by atoms with Gasteiger partial charge in [0.1, 0.15) is 6.04 Å². The lowest BCUT2D eigenvalue weighted by molar-refractivity contribution is -0.119. The fourth-order valence-electron chi connectivity index (χ4n) is 1.69. The highest BCUT2D eigenvalue weighted by Gasteiger charge is 2.20. The number of amides is 1. The van der Waals surface area contributed by atoms with Crippen molar-refractivity contribution in [2.75, 3.05) is 5.32 Å². The molecule has 1 heterocycles. The van der Waals surface area contributed by atoms with Gasteiger partial charge >= 0.3 is 0 Å². The van der Waals surface area contributed by atoms with Crippen molar-refractivity contribution in [2.24, 2.45) is 11.7 Å². The van der Waals surface area contributed by atoms with Gasteiger partial charge in [-0.3, -0.25) is 4.79 Å². The van der Waals surface area contributed by atoms with Gasteiger partial charge in [-0.2, -0.15) is 9.36 Å². The number of primary amides is 1. The van der Waals surface area contributed by atoms with E-state index in [-0.39, 0.29) is 11.8 Å². The number of nitrogens with one attached hydrogen (secondary N) is 1. The van der Waals surface area contributed by atoms with Crippen LogP contribution in [0.3, 0.4) is 0 Å². The number of hydrogen-bond donors (Lipinski definition) is 2. The van der Waals surface area contributed by atoms with Crippen LogP contribution in [0.4, 0.5) is 5.13 Å². The number of benzene rings is 1. The molecule has 0 radical (unpaired) electrons. The molecule has 1 aromatic carbocycles. The molecule has 5 nitrogen and oxygen atoms in total. The van der Waals surface area contributed by atoms with Gasteiger partial charge in [0.05, 0.1) is 0 Å². The molecule has 0 saturated heterocycles. The lowest BCUT2D eigenvalue weighted by Gasteiger charge is -2.17. The first-order valence-corrected chi connectivity index (χ1v) is 6.80. The molecule has 1 aromatic heterocycles. The van der Waals surface area contributed by atoms with Crippen LogP contribution >= 0.6 is 11.5 Å². The molecule has 0 aliphatic rings. The van der Waals surface area contributed by atoms with Crippen molar-refractivity contribution in [2.45, 2.75) is 19.9 Å². The molecule has 1 unspecified atom stereocenters. The molecule has 0 aliphatic carbocycles. The molecule has 0 saturated carbocycles. The topological polar surface area (TPSA) is 80.9 Å². The highest BCUT2D eigenvalue weighted by Crippen LogP contribution is 2.22. The standard InChI is InChI=1S/C13H16N4OS/c1-8(2)10(11(14)18)15-13-16-12(17-19-13)9-6-4-3-5-7-9/h3-8,10H,1-2H3,(H2,14,18)(H,15,16,17). The molecular weight excluding hydrogens is 260 g/mol. The number of aromatic nitrogens is 2. The highest BCUT2D eigenvalue weighted by molar-refractivity contribution is 7.09. The van der Waals surface area contributed by atoms with Crippen LogP contribution in [0.15, 0.2) is 30.3 Å². The van der Waals surface area contributed by atoms with E-state index in [2.05, 4.69) is 14.7 Å². The van der Waals surface area contributed by atoms with Crippen molar-refractivity contribution in [3.63, 3.8) is 0 Å². The van der Waals surface area contributed by atoms with Crippen LogP contribution in [0.5, 0.6) is 0 Å². The van der Waals surface area contributed by atoms with E-state index >= 15 is 0 Å². The van der Waals surface area contributed by atoms with E-state index in [1.807, 2.05) is 44.2 Å². The first-order valence-electron chi connectivity index (χ1n) is 6.03. The fourth-order valence-corrected chi connectivity index (χ4v) is 2.31. The number of anilines is 1. The number of carbonyl (C=O) groups is 1. The molecule has 100 valence electrons. The molecule has 0 fully saturated rings. The number of nitrogens with zero attached hydrogens (tertiary/aromatic N) is 2. The molecule has 0 bridgehead atoms. The molecule has 2 aromatic rings. The molecule has 1 amide bonds. The number of hydrogen-bond acceptors (Lipinski definition) is 5. The Morgan fingerprint density at radius 3 is 2.58 bits per heavy atom. The maximum absolute atomic E-state index is 11.3. The maximum Gasteiger partial charge on any atom is 0.240 e. The molecule has 2 rings (SSSR count). The summed E-state index contributed by atoms with van der Waals surface area (Å²) in [5, 5.41) is 3.65. The zero-order valence-corrected chi connectivity index (χ0v) is 11.6. The summed E-state index contributed by atoms with van der Waals surface area (Å²) in [4.78, 5) is 15.7. The van der Waals surface area contributed by atoms with Gasteiger partial charge in [0.2, 0.25) is 11.0 Å². The summed E-state index contributed by atoms with van der Waals surface area (Å²) < 4.78 is 4.27. The Morgan fingerprint density at radius 2 is 2.00 bits per heavy atom. The minimum atomic E-state index is -0.434. The average Bonchev–Trinajstić information content (AvgIpc) is 2.85. The van der Waals surface area contributed by atoms with Crippen molar-refractivity contribution in [1.29, 1.82) is 0 Å². The van der Waals surface area contributed by atoms with E-state index in [4.69, 9.17) is 5.73 Å². The summed E-state index contributed by atoms with van der Waals surface area (Å²) in [6.45, 7) is 3.86. The monoisotopic (exact) mass is 276 g/mol. The quantitative estimate of drug-likeness (QED) is 0.876. The predicted molar refractivity (Wildman–Crippen MR) is 76.8 cm³/mol. The van der Waals surface area contributed by atoms with Gasteiger partial charge in [0, 0.05) is 17.1 Å². The molecule has 0 spiro atoms. The SMILES string of the molecule is CC(C)C(Nc1nc(-c2ccccc2)ns1)C(N)=O. The summed E-state index contributed by atoms with van der Waals surface area (Å²) in [7, 11) is 0. The van der Waals surface area contributed by atoms with Crippen LogP contribution in [0.2, 0.25) is 0 Å². The van der Waals surface area contributed by atoms with E-state index in [1.165, 1.54) is 11.5 Å². The van der Waals surface area contributed by atoms with Gasteiger partial charge in [-0.25, -0.2) is 0 Å². The lowest BCUT2D eigenvalue weighted by atomic mass is 10.0. The van der Waals surface area contributed by atoms with Gasteiger partial charge in [-0.15, -0.1) is 0 Å². The Morgan fingerprint density at radius 1 is 1.32 bits per heavy atom. The van der Waals surface area contributed by atoms with Crippen LogP contribution in [-0.4, -0.2) is 21.3 Å². The molecule has 3 N–H and O–H groups in total. The zero-order valence-electron chi connectivity index (χ0n) is 10.8. The van der Waals surface area contributed by atoms with Gasteiger partial charge in [-0.1, -0.05) is 44.2 Å². The molecule has 6 heteroatoms. The maximum atomic E-state index is 11.3. The Bertz CT molecular complexity index is 553. The van der Waals surface area contributed by atoms with Crippen molar-refractivity contribution in [3.05, 3.63) is 30.3 Å². The van der Waals surface area contributed by atoms with Crippen molar-refractivity contribution in [3.8, 4) is 11.4 Å². The average molecular weight is 276 g/mol. The summed E-state index contributed by atoms with van der Waals surface area (Å²) >= 11 is 1.23. The number of carbonyl (C=O) groups excluding carboxylic acids is 1. The van der Waals surface area contributed by atoms with E-state index in [0.29, 0.717) is 11.0 Å². The van der Waals surface area contributed by atoms with Gasteiger partial charge in [0.25, 0.3) is 0 Å². The number of nitrogens with two attached hydrogens (primary N) is 1. The molecule has 0 aliphatic heterocycles. The largest absolute Gasteiger partial charge is 0.368 e. The highest BCUT2D eigenvalue weighted by atomic mass is 32.1. The lowest BCUT2D eigenvalue weighted by Crippen LogP contribution is -2.39. The number of rotatable bonds is 5. The molecule has 1 atom stereocenters. The first-order chi connectivity index (χ1) is 9.08. The van der Waals surface area contributed by atoms with E-state index in [1.54, 1.807) is 0 Å². The minimum absolute atomic E-state index is 0.0987. The third kappa shape index (κ3) is 3.29. The van der Waals surface area contributed by atoms with Crippen molar-refractivity contribution in [1.82, 2.24) is 9.36 Å². The van der Waals surface area contributed by atoms with Gasteiger partial charge in [-0.05, 0) is 5.92 Å². The van der Waals surface area contributed by atoms with Crippen LogP contribution < -0.4 is 11.1 Å². The van der Waals surface area contributed by atoms with Crippen LogP contribution in [0.25, 0.3) is 11.4 Å². The second-order valence-corrected chi connectivity index (χ2v) is 5.31. The summed E-state index contributed by atoms with van der Waals surface area (Å²) in [5.41, 5.74) is 6.31. The third-order valence-electron chi connectivity index (χ3n) is 2.71. The molecule has 19 heavy (non-hydrogen) atoms. The summed E-state index contributed by atoms with van der Waals surface area (Å²) in [5.74, 6) is 0.369. The van der Waals surface area contributed by atoms with Crippen molar-refractivity contribution >= 4 is 22.6 Å². The van der Waals surface area contributed by atoms with Crippen LogP contribution in [0, 0.1) is 5.92 Å². The van der Waals surface area contributed by atoms with Gasteiger partial charge < -0.3 is 11.1 Å². The van der Waals surface area contributed by atoms with Gasteiger partial charge in [0.15, 0.2) is 5.82 Å². The Labute approximate surface area is 116 Å². The van der Waals surface area contributed by atoms with Crippen LogP contribution in [0.1, 0.15) is 13.8 Å². The fraction of sp³-hybridized carbons (Fsp3) is 0.308.